The van der Waals surface area contributed by atoms with Gasteiger partial charge in [0.1, 0.15) is 9.34 Å². The highest BCUT2D eigenvalue weighted by Gasteiger charge is 2.02. The van der Waals surface area contributed by atoms with Crippen molar-refractivity contribution in [3.8, 4) is 0 Å². The third-order valence-electron chi connectivity index (χ3n) is 1.44. The molecule has 0 atom stereocenters. The second-order valence-corrected chi connectivity index (χ2v) is 4.33. The number of nitrogens with zero attached hydrogens (tertiary/aromatic N) is 2. The van der Waals surface area contributed by atoms with Gasteiger partial charge in [-0.15, -0.1) is 11.3 Å². The van der Waals surface area contributed by atoms with E-state index in [-0.39, 0.29) is 0 Å². The van der Waals surface area contributed by atoms with E-state index in [1.165, 1.54) is 11.3 Å². The second-order valence-electron chi connectivity index (χ2n) is 2.58. The Balaban J connectivity index is 2.41. The van der Waals surface area contributed by atoms with Crippen molar-refractivity contribution in [2.24, 2.45) is 5.73 Å². The normalized spacial score (nSPS) is 11.0. The molecule has 0 aliphatic rings. The van der Waals surface area contributed by atoms with Crippen LogP contribution in [0.25, 0.3) is 0 Å². The summed E-state index contributed by atoms with van der Waals surface area (Å²) in [6.45, 7) is 2.39. The van der Waals surface area contributed by atoms with Crippen LogP contribution in [-0.2, 0) is 6.54 Å². The van der Waals surface area contributed by atoms with E-state index in [2.05, 4.69) is 9.88 Å². The van der Waals surface area contributed by atoms with E-state index in [1.54, 1.807) is 6.20 Å². The van der Waals surface area contributed by atoms with Crippen LogP contribution in [0.15, 0.2) is 6.20 Å². The predicted octanol–water partition coefficient (Wildman–Crippen LogP) is 1.19. The lowest BCUT2D eigenvalue weighted by Gasteiger charge is -2.12. The molecule has 0 saturated carbocycles. The zero-order chi connectivity index (χ0) is 8.97. The summed E-state index contributed by atoms with van der Waals surface area (Å²) in [6.07, 6.45) is 1.68. The van der Waals surface area contributed by atoms with E-state index in [9.17, 15) is 0 Å². The van der Waals surface area contributed by atoms with Crippen LogP contribution in [-0.4, -0.2) is 30.0 Å². The quantitative estimate of drug-likeness (QED) is 0.803. The molecule has 1 heterocycles. The molecule has 0 unspecified atom stereocenters. The van der Waals surface area contributed by atoms with Gasteiger partial charge in [-0.05, 0) is 7.05 Å². The molecule has 3 nitrogen and oxygen atoms in total. The van der Waals surface area contributed by atoms with Crippen molar-refractivity contribution in [3.63, 3.8) is 0 Å². The minimum absolute atomic E-state index is 0.676. The van der Waals surface area contributed by atoms with Crippen molar-refractivity contribution in [1.82, 2.24) is 9.88 Å². The van der Waals surface area contributed by atoms with Crippen molar-refractivity contribution in [1.29, 1.82) is 0 Å². The largest absolute Gasteiger partial charge is 0.329 e. The summed E-state index contributed by atoms with van der Waals surface area (Å²) in [5.41, 5.74) is 5.40. The van der Waals surface area contributed by atoms with Gasteiger partial charge in [-0.25, -0.2) is 4.98 Å². The first-order valence-electron chi connectivity index (χ1n) is 3.71. The monoisotopic (exact) mass is 205 g/mol. The standard InChI is InChI=1S/C7H12ClN3S/c1-11(3-2-9)5-7-10-4-6(8)12-7/h4H,2-3,5,9H2,1H3. The molecule has 0 fully saturated rings. The highest BCUT2D eigenvalue weighted by atomic mass is 35.5. The average Bonchev–Trinajstić information content (AvgIpc) is 2.36. The Labute approximate surface area is 81.2 Å². The molecule has 68 valence electrons. The fourth-order valence-corrected chi connectivity index (χ4v) is 1.93. The lowest BCUT2D eigenvalue weighted by atomic mass is 10.5. The Morgan fingerprint density at radius 2 is 2.50 bits per heavy atom. The van der Waals surface area contributed by atoms with Gasteiger partial charge in [0.25, 0.3) is 0 Å². The number of hydrogen-bond acceptors (Lipinski definition) is 4. The molecule has 0 aliphatic heterocycles. The van der Waals surface area contributed by atoms with Crippen LogP contribution >= 0.6 is 22.9 Å². The summed E-state index contributed by atoms with van der Waals surface area (Å²) < 4.78 is 0.742. The molecule has 0 aliphatic carbocycles. The maximum atomic E-state index is 5.73. The Morgan fingerprint density at radius 1 is 1.75 bits per heavy atom. The predicted molar refractivity (Wildman–Crippen MR) is 52.5 cm³/mol. The molecule has 0 bridgehead atoms. The molecule has 1 aromatic rings. The second kappa shape index (κ2) is 4.77. The van der Waals surface area contributed by atoms with Crippen molar-refractivity contribution >= 4 is 22.9 Å². The number of rotatable bonds is 4. The van der Waals surface area contributed by atoms with Gasteiger partial charge in [0.05, 0.1) is 12.7 Å². The van der Waals surface area contributed by atoms with Crippen molar-refractivity contribution in [2.75, 3.05) is 20.1 Å². The smallest absolute Gasteiger partial charge is 0.113 e. The van der Waals surface area contributed by atoms with Gasteiger partial charge < -0.3 is 5.73 Å². The zero-order valence-electron chi connectivity index (χ0n) is 6.96. The Bertz CT molecular complexity index is 238. The van der Waals surface area contributed by atoms with E-state index in [0.717, 1.165) is 22.4 Å². The topological polar surface area (TPSA) is 42.1 Å². The van der Waals surface area contributed by atoms with Crippen LogP contribution in [0.4, 0.5) is 0 Å². The first-order valence-corrected chi connectivity index (χ1v) is 4.90. The Hall–Kier alpha value is -0.160. The lowest BCUT2D eigenvalue weighted by molar-refractivity contribution is 0.336. The summed E-state index contributed by atoms with van der Waals surface area (Å²) in [6, 6.07) is 0. The van der Waals surface area contributed by atoms with E-state index < -0.39 is 0 Å². The maximum absolute atomic E-state index is 5.73. The van der Waals surface area contributed by atoms with Crippen LogP contribution < -0.4 is 5.73 Å². The van der Waals surface area contributed by atoms with Crippen LogP contribution in [0.5, 0.6) is 0 Å². The molecular weight excluding hydrogens is 194 g/mol. The van der Waals surface area contributed by atoms with Crippen LogP contribution in [0.1, 0.15) is 5.01 Å². The van der Waals surface area contributed by atoms with E-state index in [1.807, 2.05) is 7.05 Å². The fraction of sp³-hybridized carbons (Fsp3) is 0.571. The van der Waals surface area contributed by atoms with Gasteiger partial charge in [-0.3, -0.25) is 4.90 Å². The Morgan fingerprint density at radius 3 is 3.00 bits per heavy atom. The first kappa shape index (κ1) is 9.92. The lowest BCUT2D eigenvalue weighted by Crippen LogP contribution is -2.24. The number of aromatic nitrogens is 1. The van der Waals surface area contributed by atoms with Gasteiger partial charge in [-0.2, -0.15) is 0 Å². The van der Waals surface area contributed by atoms with Crippen molar-refractivity contribution < 1.29 is 0 Å². The van der Waals surface area contributed by atoms with Crippen LogP contribution in [0, 0.1) is 0 Å². The zero-order valence-corrected chi connectivity index (χ0v) is 8.53. The fourth-order valence-electron chi connectivity index (χ4n) is 0.891. The minimum atomic E-state index is 0.676. The van der Waals surface area contributed by atoms with Gasteiger partial charge in [0.15, 0.2) is 0 Å². The summed E-state index contributed by atoms with van der Waals surface area (Å²) in [5, 5.41) is 1.04. The summed E-state index contributed by atoms with van der Waals surface area (Å²) in [5.74, 6) is 0. The number of halogens is 1. The third kappa shape index (κ3) is 3.06. The Kier molecular flexibility index (Phi) is 3.94. The number of hydrogen-bond donors (Lipinski definition) is 1. The molecule has 5 heteroatoms. The highest BCUT2D eigenvalue weighted by molar-refractivity contribution is 7.15. The average molecular weight is 206 g/mol. The maximum Gasteiger partial charge on any atom is 0.113 e. The van der Waals surface area contributed by atoms with Crippen LogP contribution in [0.3, 0.4) is 0 Å². The molecule has 12 heavy (non-hydrogen) atoms. The first-order chi connectivity index (χ1) is 5.72. The number of likely N-dealkylation sites (N-methyl/N-ethyl adjacent to an activating group) is 1. The van der Waals surface area contributed by atoms with Crippen molar-refractivity contribution in [2.45, 2.75) is 6.54 Å². The van der Waals surface area contributed by atoms with E-state index in [4.69, 9.17) is 17.3 Å². The van der Waals surface area contributed by atoms with Crippen molar-refractivity contribution in [3.05, 3.63) is 15.5 Å². The number of thiazole rings is 1. The summed E-state index contributed by atoms with van der Waals surface area (Å²) >= 11 is 7.25. The summed E-state index contributed by atoms with van der Waals surface area (Å²) in [4.78, 5) is 6.26. The molecule has 1 rings (SSSR count). The van der Waals surface area contributed by atoms with Gasteiger partial charge in [0.2, 0.25) is 0 Å². The molecule has 0 saturated heterocycles. The molecule has 0 amide bonds. The summed E-state index contributed by atoms with van der Waals surface area (Å²) in [7, 11) is 2.02. The van der Waals surface area contributed by atoms with Gasteiger partial charge in [-0.1, -0.05) is 11.6 Å². The molecule has 2 N–H and O–H groups in total. The minimum Gasteiger partial charge on any atom is -0.329 e. The molecule has 0 radical (unpaired) electrons. The van der Waals surface area contributed by atoms with Crippen LogP contribution in [0.2, 0.25) is 4.34 Å². The van der Waals surface area contributed by atoms with Gasteiger partial charge in [0, 0.05) is 13.1 Å². The highest BCUT2D eigenvalue weighted by Crippen LogP contribution is 2.18. The van der Waals surface area contributed by atoms with E-state index in [0.29, 0.717) is 6.54 Å². The molecular formula is C7H12ClN3S. The van der Waals surface area contributed by atoms with Gasteiger partial charge >= 0.3 is 0 Å². The van der Waals surface area contributed by atoms with E-state index >= 15 is 0 Å². The third-order valence-corrected chi connectivity index (χ3v) is 2.54. The molecule has 1 aromatic heterocycles. The molecule has 0 aromatic carbocycles. The molecule has 0 spiro atoms. The number of nitrogens with two attached hydrogens (primary N) is 1. The SMILES string of the molecule is CN(CCN)Cc1ncc(Cl)s1.